The Kier molecular flexibility index (Phi) is 2.06. The lowest BCUT2D eigenvalue weighted by Gasteiger charge is -1.91. The van der Waals surface area contributed by atoms with Crippen LogP contribution in [0.25, 0.3) is 0 Å². The molecule has 1 N–H and O–H groups in total. The third-order valence-electron chi connectivity index (χ3n) is 1.29. The minimum atomic E-state index is -0.509. The van der Waals surface area contributed by atoms with Gasteiger partial charge in [0.15, 0.2) is 0 Å². The highest BCUT2D eigenvalue weighted by atomic mass is 32.1. The molecule has 0 aromatic carbocycles. The second-order valence-electron chi connectivity index (χ2n) is 2.13. The van der Waals surface area contributed by atoms with Gasteiger partial charge in [0.2, 0.25) is 5.91 Å². The molecule has 53 valence electrons. The standard InChI is InChI=1S/C7H8NOS/c1-5-2-3-10-6(5)4-7(8)9/h2-3,8H,4H2,1H3. The Morgan fingerprint density at radius 1 is 1.80 bits per heavy atom. The van der Waals surface area contributed by atoms with E-state index in [0.717, 1.165) is 10.4 Å². The number of rotatable bonds is 2. The van der Waals surface area contributed by atoms with Gasteiger partial charge in [0, 0.05) is 4.88 Å². The fraction of sp³-hybridized carbons (Fsp3) is 0.286. The Labute approximate surface area is 63.7 Å². The van der Waals surface area contributed by atoms with Crippen molar-refractivity contribution in [2.45, 2.75) is 13.3 Å². The second kappa shape index (κ2) is 2.84. The largest absolute Gasteiger partial charge is 0.273 e. The summed E-state index contributed by atoms with van der Waals surface area (Å²) in [5.41, 5.74) is 7.83. The van der Waals surface area contributed by atoms with Crippen molar-refractivity contribution in [3.8, 4) is 0 Å². The summed E-state index contributed by atoms with van der Waals surface area (Å²) in [5, 5.41) is 1.94. The highest BCUT2D eigenvalue weighted by molar-refractivity contribution is 7.10. The van der Waals surface area contributed by atoms with Gasteiger partial charge in [-0.1, -0.05) is 0 Å². The average Bonchev–Trinajstić information content (AvgIpc) is 2.15. The van der Waals surface area contributed by atoms with Gasteiger partial charge in [-0.2, -0.15) is 0 Å². The number of hydrogen-bond acceptors (Lipinski definition) is 2. The van der Waals surface area contributed by atoms with Crippen LogP contribution in [-0.4, -0.2) is 5.91 Å². The predicted octanol–water partition coefficient (Wildman–Crippen LogP) is 1.41. The van der Waals surface area contributed by atoms with E-state index in [-0.39, 0.29) is 6.42 Å². The molecule has 10 heavy (non-hydrogen) atoms. The molecule has 1 amide bonds. The summed E-state index contributed by atoms with van der Waals surface area (Å²) in [6.07, 6.45) is 0.267. The molecule has 1 radical (unpaired) electrons. The lowest BCUT2D eigenvalue weighted by atomic mass is 10.2. The van der Waals surface area contributed by atoms with E-state index < -0.39 is 5.91 Å². The molecule has 0 saturated carbocycles. The van der Waals surface area contributed by atoms with Gasteiger partial charge < -0.3 is 0 Å². The first-order valence-electron chi connectivity index (χ1n) is 2.97. The molecule has 1 aromatic rings. The van der Waals surface area contributed by atoms with Crippen molar-refractivity contribution in [3.63, 3.8) is 0 Å². The number of aryl methyl sites for hydroxylation is 1. The topological polar surface area (TPSA) is 40.9 Å². The van der Waals surface area contributed by atoms with Gasteiger partial charge in [0.05, 0.1) is 6.42 Å². The molecule has 0 aliphatic carbocycles. The van der Waals surface area contributed by atoms with Crippen molar-refractivity contribution in [1.29, 1.82) is 0 Å². The van der Waals surface area contributed by atoms with E-state index in [1.807, 2.05) is 18.4 Å². The summed E-state index contributed by atoms with van der Waals surface area (Å²) in [5.74, 6) is -0.509. The van der Waals surface area contributed by atoms with Crippen molar-refractivity contribution in [2.75, 3.05) is 0 Å². The molecule has 1 rings (SSSR count). The first-order valence-corrected chi connectivity index (χ1v) is 3.85. The molecule has 0 aliphatic rings. The SMILES string of the molecule is Cc1ccsc1CC([NH])=O. The third kappa shape index (κ3) is 1.57. The Bertz CT molecular complexity index is 242. The number of amides is 1. The summed E-state index contributed by atoms with van der Waals surface area (Å²) in [6, 6.07) is 1.96. The zero-order valence-electron chi connectivity index (χ0n) is 5.68. The number of thiophene rings is 1. The van der Waals surface area contributed by atoms with E-state index in [0.29, 0.717) is 0 Å². The van der Waals surface area contributed by atoms with E-state index in [4.69, 9.17) is 5.73 Å². The van der Waals surface area contributed by atoms with Crippen LogP contribution in [0.1, 0.15) is 10.4 Å². The first kappa shape index (κ1) is 7.28. The maximum atomic E-state index is 10.3. The van der Waals surface area contributed by atoms with Gasteiger partial charge in [-0.05, 0) is 23.9 Å². The fourth-order valence-corrected chi connectivity index (χ4v) is 1.64. The third-order valence-corrected chi connectivity index (χ3v) is 2.31. The quantitative estimate of drug-likeness (QED) is 0.635. The van der Waals surface area contributed by atoms with Crippen LogP contribution in [0.5, 0.6) is 0 Å². The minimum absolute atomic E-state index is 0.267. The van der Waals surface area contributed by atoms with Gasteiger partial charge in [-0.25, -0.2) is 0 Å². The van der Waals surface area contributed by atoms with Gasteiger partial charge in [-0.15, -0.1) is 11.3 Å². The summed E-state index contributed by atoms with van der Waals surface area (Å²) >= 11 is 1.54. The van der Waals surface area contributed by atoms with Crippen LogP contribution in [0.2, 0.25) is 0 Å². The molecule has 2 nitrogen and oxygen atoms in total. The second-order valence-corrected chi connectivity index (χ2v) is 3.13. The first-order chi connectivity index (χ1) is 4.70. The highest BCUT2D eigenvalue weighted by Crippen LogP contribution is 2.15. The summed E-state index contributed by atoms with van der Waals surface area (Å²) < 4.78 is 0. The van der Waals surface area contributed by atoms with Crippen molar-refractivity contribution in [2.24, 2.45) is 0 Å². The molecule has 0 aliphatic heterocycles. The maximum absolute atomic E-state index is 10.3. The number of hydrogen-bond donors (Lipinski definition) is 0. The van der Waals surface area contributed by atoms with E-state index in [1.165, 1.54) is 11.3 Å². The Balaban J connectivity index is 2.74. The number of carbonyl (C=O) groups excluding carboxylic acids is 1. The van der Waals surface area contributed by atoms with Crippen LogP contribution >= 0.6 is 11.3 Å². The Morgan fingerprint density at radius 3 is 2.90 bits per heavy atom. The predicted molar refractivity (Wildman–Crippen MR) is 40.9 cm³/mol. The van der Waals surface area contributed by atoms with Crippen molar-refractivity contribution in [1.82, 2.24) is 5.73 Å². The van der Waals surface area contributed by atoms with Gasteiger partial charge in [0.25, 0.3) is 0 Å². The molecule has 1 aromatic heterocycles. The van der Waals surface area contributed by atoms with E-state index in [2.05, 4.69) is 0 Å². The van der Waals surface area contributed by atoms with E-state index >= 15 is 0 Å². The van der Waals surface area contributed by atoms with Crippen LogP contribution < -0.4 is 5.73 Å². The van der Waals surface area contributed by atoms with Crippen molar-refractivity contribution in [3.05, 3.63) is 21.9 Å². The fourth-order valence-electron chi connectivity index (χ4n) is 0.731. The Morgan fingerprint density at radius 2 is 2.50 bits per heavy atom. The smallest absolute Gasteiger partial charge is 0.243 e. The van der Waals surface area contributed by atoms with Crippen molar-refractivity contribution < 1.29 is 4.79 Å². The Hall–Kier alpha value is -0.830. The molecule has 0 spiro atoms. The van der Waals surface area contributed by atoms with Crippen LogP contribution in [0.4, 0.5) is 0 Å². The summed E-state index contributed by atoms with van der Waals surface area (Å²) in [7, 11) is 0. The van der Waals surface area contributed by atoms with E-state index in [1.54, 1.807) is 0 Å². The summed E-state index contributed by atoms with van der Waals surface area (Å²) in [4.78, 5) is 11.4. The molecule has 0 bridgehead atoms. The number of carbonyl (C=O) groups is 1. The summed E-state index contributed by atoms with van der Waals surface area (Å²) in [6.45, 7) is 1.95. The highest BCUT2D eigenvalue weighted by Gasteiger charge is 2.02. The van der Waals surface area contributed by atoms with Crippen LogP contribution in [0, 0.1) is 6.92 Å². The molecule has 0 atom stereocenters. The van der Waals surface area contributed by atoms with Crippen LogP contribution in [-0.2, 0) is 11.2 Å². The maximum Gasteiger partial charge on any atom is 0.243 e. The van der Waals surface area contributed by atoms with E-state index in [9.17, 15) is 4.79 Å². The molecule has 0 unspecified atom stereocenters. The van der Waals surface area contributed by atoms with Crippen LogP contribution in [0.15, 0.2) is 11.4 Å². The number of nitrogens with one attached hydrogen (secondary N) is 1. The zero-order valence-corrected chi connectivity index (χ0v) is 6.49. The molecule has 0 fully saturated rings. The minimum Gasteiger partial charge on any atom is -0.273 e. The van der Waals surface area contributed by atoms with Gasteiger partial charge >= 0.3 is 0 Å². The lowest BCUT2D eigenvalue weighted by molar-refractivity contribution is -0.117. The average molecular weight is 154 g/mol. The van der Waals surface area contributed by atoms with Crippen LogP contribution in [0.3, 0.4) is 0 Å². The van der Waals surface area contributed by atoms with Gasteiger partial charge in [0.1, 0.15) is 0 Å². The lowest BCUT2D eigenvalue weighted by Crippen LogP contribution is -2.01. The molecular weight excluding hydrogens is 146 g/mol. The molecule has 0 saturated heterocycles. The van der Waals surface area contributed by atoms with Gasteiger partial charge in [-0.3, -0.25) is 10.5 Å². The molecule has 3 heteroatoms. The van der Waals surface area contributed by atoms with Crippen molar-refractivity contribution >= 4 is 17.2 Å². The normalized spacial score (nSPS) is 9.70. The molecule has 1 heterocycles. The monoisotopic (exact) mass is 154 g/mol. The zero-order chi connectivity index (χ0) is 7.56. The molecular formula is C7H8NOS.